The van der Waals surface area contributed by atoms with Gasteiger partial charge in [0.15, 0.2) is 6.29 Å². The minimum atomic E-state index is -0.131. The first-order chi connectivity index (χ1) is 19.6. The number of benzene rings is 2. The highest BCUT2D eigenvalue weighted by molar-refractivity contribution is 6.00. The monoisotopic (exact) mass is 541 g/mol. The number of hydrogen-bond acceptors (Lipinski definition) is 7. The molecule has 6 rings (SSSR count). The third-order valence-electron chi connectivity index (χ3n) is 7.56. The number of aromatic nitrogens is 3. The van der Waals surface area contributed by atoms with Crippen LogP contribution >= 0.6 is 0 Å². The second kappa shape index (κ2) is 13.1. The van der Waals surface area contributed by atoms with Crippen molar-refractivity contribution < 1.29 is 14.2 Å². The molecule has 2 aliphatic rings. The predicted molar refractivity (Wildman–Crippen MR) is 159 cm³/mol. The van der Waals surface area contributed by atoms with Gasteiger partial charge in [0.05, 0.1) is 24.6 Å². The van der Waals surface area contributed by atoms with Crippen LogP contribution in [0.2, 0.25) is 0 Å². The minimum Gasteiger partial charge on any atom is -0.457 e. The van der Waals surface area contributed by atoms with E-state index in [0.29, 0.717) is 24.9 Å². The van der Waals surface area contributed by atoms with E-state index in [9.17, 15) is 0 Å². The zero-order chi connectivity index (χ0) is 27.9. The Morgan fingerprint density at radius 1 is 0.900 bits per heavy atom. The van der Waals surface area contributed by atoms with E-state index in [1.807, 2.05) is 80.6 Å². The summed E-state index contributed by atoms with van der Waals surface area (Å²) in [7, 11) is 2.17. The molecule has 0 bridgehead atoms. The number of nitrogens with zero attached hydrogens (tertiary/aromatic N) is 4. The van der Waals surface area contributed by atoms with Crippen molar-refractivity contribution in [3.05, 3.63) is 79.3 Å². The third kappa shape index (κ3) is 6.36. The first kappa shape index (κ1) is 27.8. The van der Waals surface area contributed by atoms with Crippen LogP contribution in [0.25, 0.3) is 22.2 Å². The van der Waals surface area contributed by atoms with Gasteiger partial charge in [-0.3, -0.25) is 0 Å². The highest BCUT2D eigenvalue weighted by atomic mass is 16.7. The molecule has 2 aromatic heterocycles. The molecule has 0 saturated carbocycles. The van der Waals surface area contributed by atoms with E-state index in [1.54, 1.807) is 0 Å². The molecule has 8 heteroatoms. The van der Waals surface area contributed by atoms with E-state index in [1.165, 1.54) is 6.33 Å². The molecule has 0 unspecified atom stereocenters. The number of fused-ring (bicyclic) bond motifs is 1. The molecular formula is C32H39N5O3. The van der Waals surface area contributed by atoms with Crippen molar-refractivity contribution in [2.45, 2.75) is 39.0 Å². The molecule has 8 nitrogen and oxygen atoms in total. The van der Waals surface area contributed by atoms with Gasteiger partial charge in [0.2, 0.25) is 0 Å². The fraction of sp³-hybridized carbons (Fsp3) is 0.375. The summed E-state index contributed by atoms with van der Waals surface area (Å²) < 4.78 is 20.6. The van der Waals surface area contributed by atoms with Crippen LogP contribution in [-0.4, -0.2) is 59.1 Å². The predicted octanol–water partition coefficient (Wildman–Crippen LogP) is 6.31. The van der Waals surface area contributed by atoms with Crippen LogP contribution in [-0.2, 0) is 9.47 Å². The van der Waals surface area contributed by atoms with Gasteiger partial charge in [-0.15, -0.1) is 0 Å². The highest BCUT2D eigenvalue weighted by Crippen LogP contribution is 2.37. The maximum atomic E-state index is 6.34. The SMILES string of the molecule is C/C=C\C.CN1CCC(C2OCC(n3cc(-c4ccc(Oc5ccccc5)cc4)c4c(N)ncnc43)CO2)CC1. The second-order valence-electron chi connectivity index (χ2n) is 10.3. The van der Waals surface area contributed by atoms with E-state index in [4.69, 9.17) is 19.9 Å². The summed E-state index contributed by atoms with van der Waals surface area (Å²) in [5.74, 6) is 2.48. The topological polar surface area (TPSA) is 87.7 Å². The van der Waals surface area contributed by atoms with Gasteiger partial charge >= 0.3 is 0 Å². The first-order valence-corrected chi connectivity index (χ1v) is 14.0. The zero-order valence-electron chi connectivity index (χ0n) is 23.6. The van der Waals surface area contributed by atoms with E-state index in [-0.39, 0.29) is 12.3 Å². The highest BCUT2D eigenvalue weighted by Gasteiger charge is 2.32. The Hall–Kier alpha value is -3.72. The maximum Gasteiger partial charge on any atom is 0.160 e. The molecule has 4 aromatic rings. The van der Waals surface area contributed by atoms with E-state index in [2.05, 4.69) is 32.7 Å². The quantitative estimate of drug-likeness (QED) is 0.296. The van der Waals surface area contributed by atoms with Crippen LogP contribution in [0.5, 0.6) is 11.5 Å². The first-order valence-electron chi connectivity index (χ1n) is 14.0. The van der Waals surface area contributed by atoms with Gasteiger partial charge in [-0.2, -0.15) is 0 Å². The molecular weight excluding hydrogens is 502 g/mol. The van der Waals surface area contributed by atoms with Crippen molar-refractivity contribution >= 4 is 16.9 Å². The van der Waals surface area contributed by atoms with Crippen LogP contribution in [0.1, 0.15) is 32.7 Å². The molecule has 40 heavy (non-hydrogen) atoms. The summed E-state index contributed by atoms with van der Waals surface area (Å²) in [5.41, 5.74) is 9.13. The molecule has 2 aromatic carbocycles. The average Bonchev–Trinajstić information content (AvgIpc) is 3.40. The molecule has 2 aliphatic heterocycles. The van der Waals surface area contributed by atoms with Crippen molar-refractivity contribution in [2.75, 3.05) is 39.1 Å². The maximum absolute atomic E-state index is 6.34. The lowest BCUT2D eigenvalue weighted by atomic mass is 9.96. The van der Waals surface area contributed by atoms with Crippen molar-refractivity contribution in [1.82, 2.24) is 19.4 Å². The number of nitrogens with two attached hydrogens (primary N) is 1. The van der Waals surface area contributed by atoms with Gasteiger partial charge in [0, 0.05) is 17.7 Å². The van der Waals surface area contributed by atoms with Crippen LogP contribution in [0.4, 0.5) is 5.82 Å². The lowest BCUT2D eigenvalue weighted by Crippen LogP contribution is -2.42. The molecule has 210 valence electrons. The number of rotatable bonds is 5. The standard InChI is InChI=1S/C28H31N5O3.C4H8/c1-32-13-11-20(12-14-32)28-34-16-21(17-35-28)33-15-24(25-26(29)30-18-31-27(25)33)19-7-9-23(10-8-19)36-22-5-3-2-4-6-22;1-3-4-2/h2-10,15,18,20-21,28H,11-14,16-17H2,1H3,(H2,29,30,31);3-4H,1-2H3/b;4-3-. The van der Waals surface area contributed by atoms with Gasteiger partial charge in [-0.05, 0) is 76.7 Å². The van der Waals surface area contributed by atoms with Gasteiger partial charge < -0.3 is 29.4 Å². The number of hydrogen-bond donors (Lipinski definition) is 1. The number of allylic oxidation sites excluding steroid dienone is 2. The van der Waals surface area contributed by atoms with Crippen LogP contribution in [0, 0.1) is 5.92 Å². The van der Waals surface area contributed by atoms with Crippen LogP contribution in [0.3, 0.4) is 0 Å². The summed E-state index contributed by atoms with van der Waals surface area (Å²) in [5, 5.41) is 0.840. The van der Waals surface area contributed by atoms with Crippen molar-refractivity contribution in [2.24, 2.45) is 5.92 Å². The number of nitrogen functional groups attached to an aromatic ring is 1. The molecule has 0 spiro atoms. The zero-order valence-corrected chi connectivity index (χ0v) is 23.6. The molecule has 0 amide bonds. The Balaban J connectivity index is 0.000000758. The number of para-hydroxylation sites is 1. The van der Waals surface area contributed by atoms with Crippen LogP contribution in [0.15, 0.2) is 79.3 Å². The lowest BCUT2D eigenvalue weighted by Gasteiger charge is -2.38. The molecule has 2 saturated heterocycles. The average molecular weight is 542 g/mol. The Kier molecular flexibility index (Phi) is 9.11. The van der Waals surface area contributed by atoms with Gasteiger partial charge in [-0.1, -0.05) is 42.5 Å². The smallest absolute Gasteiger partial charge is 0.160 e. The molecule has 2 fully saturated rings. The summed E-state index contributed by atoms with van der Waals surface area (Å²) in [6.07, 6.45) is 9.69. The number of anilines is 1. The van der Waals surface area contributed by atoms with E-state index in [0.717, 1.165) is 59.6 Å². The van der Waals surface area contributed by atoms with Crippen LogP contribution < -0.4 is 10.5 Å². The number of piperidine rings is 1. The Morgan fingerprint density at radius 2 is 1.55 bits per heavy atom. The Bertz CT molecular complexity index is 1380. The molecule has 0 atom stereocenters. The summed E-state index contributed by atoms with van der Waals surface area (Å²) >= 11 is 0. The van der Waals surface area contributed by atoms with Crippen molar-refractivity contribution in [1.29, 1.82) is 0 Å². The lowest BCUT2D eigenvalue weighted by molar-refractivity contribution is -0.225. The summed E-state index contributed by atoms with van der Waals surface area (Å²) in [6.45, 7) is 7.34. The number of likely N-dealkylation sites (tertiary alicyclic amines) is 1. The summed E-state index contributed by atoms with van der Waals surface area (Å²) in [4.78, 5) is 11.2. The summed E-state index contributed by atoms with van der Waals surface area (Å²) in [6, 6.07) is 17.8. The second-order valence-corrected chi connectivity index (χ2v) is 10.3. The molecule has 4 heterocycles. The fourth-order valence-corrected chi connectivity index (χ4v) is 5.17. The van der Waals surface area contributed by atoms with Gasteiger partial charge in [-0.25, -0.2) is 9.97 Å². The molecule has 0 aliphatic carbocycles. The normalized spacial score (nSPS) is 20.4. The van der Waals surface area contributed by atoms with E-state index < -0.39 is 0 Å². The van der Waals surface area contributed by atoms with Crippen molar-refractivity contribution in [3.63, 3.8) is 0 Å². The Labute approximate surface area is 236 Å². The number of ether oxygens (including phenoxy) is 3. The fourth-order valence-electron chi connectivity index (χ4n) is 5.17. The molecule has 2 N–H and O–H groups in total. The third-order valence-corrected chi connectivity index (χ3v) is 7.56. The Morgan fingerprint density at radius 3 is 2.20 bits per heavy atom. The van der Waals surface area contributed by atoms with Gasteiger partial charge in [0.1, 0.15) is 29.3 Å². The van der Waals surface area contributed by atoms with Crippen molar-refractivity contribution in [3.8, 4) is 22.6 Å². The minimum absolute atomic E-state index is 0.0127. The largest absolute Gasteiger partial charge is 0.457 e. The van der Waals surface area contributed by atoms with E-state index >= 15 is 0 Å². The molecule has 0 radical (unpaired) electrons. The van der Waals surface area contributed by atoms with Gasteiger partial charge in [0.25, 0.3) is 0 Å².